The highest BCUT2D eigenvalue weighted by Gasteiger charge is 2.41. The predicted octanol–water partition coefficient (Wildman–Crippen LogP) is -0.191. The van der Waals surface area contributed by atoms with E-state index in [2.05, 4.69) is 26.8 Å². The minimum Gasteiger partial charge on any atom is -0.351 e. The third-order valence-electron chi connectivity index (χ3n) is 4.70. The summed E-state index contributed by atoms with van der Waals surface area (Å²) in [4.78, 5) is 23.4. The lowest BCUT2D eigenvalue weighted by molar-refractivity contribution is -0.124. The number of carbonyl (C=O) groups is 2. The van der Waals surface area contributed by atoms with Gasteiger partial charge in [-0.25, -0.2) is 10.2 Å². The van der Waals surface area contributed by atoms with Crippen molar-refractivity contribution in [3.63, 3.8) is 0 Å². The Morgan fingerprint density at radius 1 is 1.25 bits per heavy atom. The maximum atomic E-state index is 12.6. The van der Waals surface area contributed by atoms with E-state index in [1.807, 2.05) is 19.1 Å². The molecule has 130 valence electrons. The molecule has 0 bridgehead atoms. The molecule has 1 aromatic rings. The summed E-state index contributed by atoms with van der Waals surface area (Å²) in [5.41, 5.74) is 13.0. The Kier molecular flexibility index (Phi) is 4.98. The molecule has 4 atom stereocenters. The minimum atomic E-state index is -0.598. The van der Waals surface area contributed by atoms with Gasteiger partial charge in [0, 0.05) is 24.2 Å². The van der Waals surface area contributed by atoms with Crippen molar-refractivity contribution in [2.45, 2.75) is 31.5 Å². The van der Waals surface area contributed by atoms with E-state index in [0.29, 0.717) is 11.7 Å². The van der Waals surface area contributed by atoms with Gasteiger partial charge in [0.2, 0.25) is 5.91 Å². The number of fused-ring (bicyclic) bond motifs is 1. The molecule has 0 saturated carbocycles. The lowest BCUT2D eigenvalue weighted by atomic mass is 9.89. The molecule has 3 amide bonds. The molecule has 0 spiro atoms. The van der Waals surface area contributed by atoms with Crippen LogP contribution in [0.25, 0.3) is 0 Å². The fraction of sp³-hybridized carbons (Fsp3) is 0.500. The molecule has 2 aliphatic heterocycles. The van der Waals surface area contributed by atoms with E-state index in [1.165, 1.54) is 0 Å². The second kappa shape index (κ2) is 7.16. The SMILES string of the molecule is CC(NC(=O)C1NNC2CCNCC21)c1ccc(NC(N)=O)cc1. The van der Waals surface area contributed by atoms with Gasteiger partial charge in [-0.15, -0.1) is 0 Å². The van der Waals surface area contributed by atoms with Gasteiger partial charge in [-0.05, 0) is 37.6 Å². The van der Waals surface area contributed by atoms with Crippen LogP contribution in [0.3, 0.4) is 0 Å². The molecule has 24 heavy (non-hydrogen) atoms. The summed E-state index contributed by atoms with van der Waals surface area (Å²) >= 11 is 0. The molecule has 0 radical (unpaired) electrons. The maximum Gasteiger partial charge on any atom is 0.316 e. The number of primary amides is 1. The van der Waals surface area contributed by atoms with Crippen LogP contribution in [0, 0.1) is 5.92 Å². The summed E-state index contributed by atoms with van der Waals surface area (Å²) in [6, 6.07) is 6.64. The number of nitrogens with one attached hydrogen (secondary N) is 5. The highest BCUT2D eigenvalue weighted by Crippen LogP contribution is 2.21. The first-order valence-electron chi connectivity index (χ1n) is 8.23. The summed E-state index contributed by atoms with van der Waals surface area (Å²) in [7, 11) is 0. The number of amides is 3. The Morgan fingerprint density at radius 3 is 2.71 bits per heavy atom. The van der Waals surface area contributed by atoms with E-state index in [0.717, 1.165) is 25.1 Å². The van der Waals surface area contributed by atoms with Crippen molar-refractivity contribution >= 4 is 17.6 Å². The van der Waals surface area contributed by atoms with Gasteiger partial charge in [-0.2, -0.15) is 0 Å². The van der Waals surface area contributed by atoms with E-state index in [-0.39, 0.29) is 23.9 Å². The van der Waals surface area contributed by atoms with E-state index < -0.39 is 6.03 Å². The highest BCUT2D eigenvalue weighted by molar-refractivity contribution is 5.87. The molecule has 2 aliphatic rings. The number of benzene rings is 1. The minimum absolute atomic E-state index is 0.00876. The average Bonchev–Trinajstić information content (AvgIpc) is 2.99. The number of hydrogen-bond donors (Lipinski definition) is 6. The van der Waals surface area contributed by atoms with Gasteiger partial charge in [-0.3, -0.25) is 10.2 Å². The van der Waals surface area contributed by atoms with Gasteiger partial charge in [0.1, 0.15) is 6.04 Å². The molecule has 4 unspecified atom stereocenters. The first-order valence-corrected chi connectivity index (χ1v) is 8.23. The highest BCUT2D eigenvalue weighted by atomic mass is 16.2. The number of nitrogens with two attached hydrogens (primary N) is 1. The van der Waals surface area contributed by atoms with Crippen LogP contribution in [0.1, 0.15) is 24.9 Å². The molecule has 2 fully saturated rings. The predicted molar refractivity (Wildman–Crippen MR) is 91.0 cm³/mol. The fourth-order valence-corrected chi connectivity index (χ4v) is 3.36. The number of anilines is 1. The van der Waals surface area contributed by atoms with Crippen molar-refractivity contribution in [1.29, 1.82) is 0 Å². The van der Waals surface area contributed by atoms with Gasteiger partial charge >= 0.3 is 6.03 Å². The second-order valence-corrected chi connectivity index (χ2v) is 6.37. The first-order chi connectivity index (χ1) is 11.5. The molecule has 0 aliphatic carbocycles. The molecular weight excluding hydrogens is 308 g/mol. The molecular formula is C16H24N6O2. The van der Waals surface area contributed by atoms with Crippen LogP contribution in [-0.2, 0) is 4.79 Å². The largest absolute Gasteiger partial charge is 0.351 e. The number of hydrogen-bond acceptors (Lipinski definition) is 5. The third-order valence-corrected chi connectivity index (χ3v) is 4.70. The van der Waals surface area contributed by atoms with Crippen molar-refractivity contribution in [3.8, 4) is 0 Å². The van der Waals surface area contributed by atoms with E-state index in [9.17, 15) is 9.59 Å². The lowest BCUT2D eigenvalue weighted by Gasteiger charge is -2.28. The lowest BCUT2D eigenvalue weighted by Crippen LogP contribution is -2.49. The smallest absolute Gasteiger partial charge is 0.316 e. The van der Waals surface area contributed by atoms with Crippen molar-refractivity contribution in [2.75, 3.05) is 18.4 Å². The van der Waals surface area contributed by atoms with Crippen molar-refractivity contribution < 1.29 is 9.59 Å². The molecule has 3 rings (SSSR count). The Morgan fingerprint density at radius 2 is 2.00 bits per heavy atom. The molecule has 1 aromatic carbocycles. The Hall–Kier alpha value is -2.16. The van der Waals surface area contributed by atoms with Gasteiger partial charge in [-0.1, -0.05) is 12.1 Å². The quantitative estimate of drug-likeness (QED) is 0.456. The molecule has 7 N–H and O–H groups in total. The van der Waals surface area contributed by atoms with Crippen LogP contribution < -0.4 is 32.5 Å². The van der Waals surface area contributed by atoms with Gasteiger partial charge in [0.05, 0.1) is 6.04 Å². The number of hydrazine groups is 1. The van der Waals surface area contributed by atoms with Crippen LogP contribution >= 0.6 is 0 Å². The molecule has 2 saturated heterocycles. The van der Waals surface area contributed by atoms with Crippen LogP contribution in [0.5, 0.6) is 0 Å². The zero-order valence-corrected chi connectivity index (χ0v) is 13.6. The summed E-state index contributed by atoms with van der Waals surface area (Å²) in [5.74, 6) is 0.249. The first kappa shape index (κ1) is 16.7. The van der Waals surface area contributed by atoms with E-state index in [4.69, 9.17) is 5.73 Å². The monoisotopic (exact) mass is 332 g/mol. The summed E-state index contributed by atoms with van der Waals surface area (Å²) in [6.07, 6.45) is 1.02. The Bertz CT molecular complexity index is 605. The number of piperidine rings is 1. The third kappa shape index (κ3) is 3.66. The standard InChI is InChI=1S/C16H24N6O2/c1-9(10-2-4-11(5-3-10)20-16(17)24)19-15(23)14-12-8-18-7-6-13(12)21-22-14/h2-5,9,12-14,18,21-22H,6-8H2,1H3,(H,19,23)(H3,17,20,24). The van der Waals surface area contributed by atoms with Crippen molar-refractivity contribution in [3.05, 3.63) is 29.8 Å². The van der Waals surface area contributed by atoms with Crippen LogP contribution in [0.4, 0.5) is 10.5 Å². The molecule has 8 heteroatoms. The molecule has 2 heterocycles. The average molecular weight is 332 g/mol. The number of urea groups is 1. The topological polar surface area (TPSA) is 120 Å². The fourth-order valence-electron chi connectivity index (χ4n) is 3.36. The van der Waals surface area contributed by atoms with E-state index in [1.54, 1.807) is 12.1 Å². The Labute approximate surface area is 140 Å². The van der Waals surface area contributed by atoms with E-state index >= 15 is 0 Å². The maximum absolute atomic E-state index is 12.6. The Balaban J connectivity index is 1.58. The van der Waals surface area contributed by atoms with Crippen molar-refractivity contribution in [1.82, 2.24) is 21.5 Å². The summed E-state index contributed by atoms with van der Waals surface area (Å²) in [5, 5.41) is 8.91. The number of carbonyl (C=O) groups excluding carboxylic acids is 2. The van der Waals surface area contributed by atoms with Crippen molar-refractivity contribution in [2.24, 2.45) is 11.7 Å². The van der Waals surface area contributed by atoms with Crippen LogP contribution in [0.15, 0.2) is 24.3 Å². The molecule has 8 nitrogen and oxygen atoms in total. The van der Waals surface area contributed by atoms with Crippen LogP contribution in [-0.4, -0.2) is 37.1 Å². The van der Waals surface area contributed by atoms with Gasteiger partial charge < -0.3 is 21.7 Å². The van der Waals surface area contributed by atoms with Gasteiger partial charge in [0.15, 0.2) is 0 Å². The summed E-state index contributed by atoms with van der Waals surface area (Å²) < 4.78 is 0. The molecule has 0 aromatic heterocycles. The zero-order valence-electron chi connectivity index (χ0n) is 13.6. The van der Waals surface area contributed by atoms with Gasteiger partial charge in [0.25, 0.3) is 0 Å². The normalized spacial score (nSPS) is 27.1. The summed E-state index contributed by atoms with van der Waals surface area (Å²) in [6.45, 7) is 3.75. The van der Waals surface area contributed by atoms with Crippen LogP contribution in [0.2, 0.25) is 0 Å². The zero-order chi connectivity index (χ0) is 17.1. The second-order valence-electron chi connectivity index (χ2n) is 6.37. The number of rotatable bonds is 4.